The van der Waals surface area contributed by atoms with E-state index >= 15 is 0 Å². The molecular weight excluding hydrogens is 1310 g/mol. The van der Waals surface area contributed by atoms with Gasteiger partial charge in [0, 0.05) is 95.5 Å². The molecule has 0 spiro atoms. The highest BCUT2D eigenvalue weighted by Gasteiger charge is 2.33. The first kappa shape index (κ1) is 80.1. The molecule has 0 amide bonds. The first-order valence-corrected chi connectivity index (χ1v) is 37.5. The topological polar surface area (TPSA) is 122 Å². The maximum absolute atomic E-state index is 7.43. The van der Waals surface area contributed by atoms with Gasteiger partial charge in [0.15, 0.2) is 31.4 Å². The van der Waals surface area contributed by atoms with Crippen molar-refractivity contribution in [1.82, 2.24) is 57.6 Å². The van der Waals surface area contributed by atoms with Crippen LogP contribution in [0.5, 0.6) is 0 Å². The van der Waals surface area contributed by atoms with Gasteiger partial charge in [0.05, 0.1) is 71.5 Å². The van der Waals surface area contributed by atoms with Crippen molar-refractivity contribution < 1.29 is 45.7 Å². The molecule has 3 aromatic carbocycles. The van der Waals surface area contributed by atoms with Crippen LogP contribution in [0, 0.1) is 41.4 Å². The van der Waals surface area contributed by atoms with Gasteiger partial charge in [0.25, 0.3) is 11.6 Å². The van der Waals surface area contributed by atoms with Gasteiger partial charge < -0.3 is 0 Å². The molecule has 0 atom stereocenters. The Kier molecular flexibility index (Phi) is 26.2. The Morgan fingerprint density at radius 2 is 0.953 bits per heavy atom. The summed E-state index contributed by atoms with van der Waals surface area (Å²) < 4.78 is 75.3. The molecular formula is C86H148N20+8. The van der Waals surface area contributed by atoms with Crippen molar-refractivity contribution >= 4 is 21.8 Å². The highest BCUT2D eigenvalue weighted by molar-refractivity contribution is 5.78. The second-order valence-electron chi connectivity index (χ2n) is 36.7. The molecule has 0 N–H and O–H groups in total. The summed E-state index contributed by atoms with van der Waals surface area (Å²) in [6.07, 6.45) is 16.3. The molecule has 0 aliphatic heterocycles. The van der Waals surface area contributed by atoms with Crippen LogP contribution in [0.1, 0.15) is 260 Å². The highest BCUT2D eigenvalue weighted by atomic mass is 15.6. The van der Waals surface area contributed by atoms with Gasteiger partial charge in [-0.2, -0.15) is 42.1 Å². The van der Waals surface area contributed by atoms with Crippen LogP contribution >= 0.6 is 0 Å². The summed E-state index contributed by atoms with van der Waals surface area (Å²) in [6, 6.07) is 25.4. The quantitative estimate of drug-likeness (QED) is 0.164. The fourth-order valence-corrected chi connectivity index (χ4v) is 13.9. The lowest BCUT2D eigenvalue weighted by molar-refractivity contribution is -0.829. The van der Waals surface area contributed by atoms with E-state index in [1.54, 1.807) is 42.0 Å². The Bertz CT molecular complexity index is 4700. The van der Waals surface area contributed by atoms with Gasteiger partial charge in [-0.15, -0.1) is 28.1 Å². The minimum absolute atomic E-state index is 0.0811. The molecule has 0 saturated carbocycles. The SMILES string of the molecule is CC(C)c1cccc(C(C)C)c1-c1cn(C(C)(C)C)[n+](C)c1.C[n+]1cc2ccccc2n1C(C)(C)C.C[n+]1ccnn1C(C)(C)C.C[n+]1cncn1C(C)(C)C.Cc1nc(C)[n+](C)n1C(C)(C)C.Cn1c2ccccc2c[n+]1C(C)(C)C.[2H]C([2H])([2H])c1cc(C)[n+](C(C)(C)C)n1C.[2H]C([2H])([2H])c1nc(C)[n+](C(C)(C)C)n1C. The molecule has 20 nitrogen and oxygen atoms in total. The Labute approximate surface area is 649 Å². The monoisotopic (exact) mass is 1470 g/mol. The largest absolute Gasteiger partial charge is 0.316 e. The van der Waals surface area contributed by atoms with E-state index < -0.39 is 13.7 Å². The average Bonchev–Trinajstić information content (AvgIpc) is 1.59. The summed E-state index contributed by atoms with van der Waals surface area (Å²) in [5.74, 6) is 4.03. The Balaban J connectivity index is 0.000000273. The molecule has 8 heterocycles. The predicted octanol–water partition coefficient (Wildman–Crippen LogP) is 14.2. The molecule has 11 rings (SSSR count). The van der Waals surface area contributed by atoms with Crippen LogP contribution in [0.15, 0.2) is 123 Å². The molecule has 0 fully saturated rings. The van der Waals surface area contributed by atoms with Crippen molar-refractivity contribution in [3.8, 4) is 11.1 Å². The number of hydrogen-bond acceptors (Lipinski definition) is 4. The Morgan fingerprint density at radius 3 is 1.27 bits per heavy atom. The molecule has 8 aromatic heterocycles. The molecule has 0 saturated heterocycles. The summed E-state index contributed by atoms with van der Waals surface area (Å²) in [5, 5.41) is 6.76. The Hall–Kier alpha value is -8.42. The fourth-order valence-electron chi connectivity index (χ4n) is 13.9. The van der Waals surface area contributed by atoms with Crippen molar-refractivity contribution in [2.75, 3.05) is 0 Å². The number of para-hydroxylation sites is 2. The van der Waals surface area contributed by atoms with Crippen LogP contribution < -0.4 is 37.5 Å². The van der Waals surface area contributed by atoms with E-state index in [-0.39, 0.29) is 50.1 Å². The van der Waals surface area contributed by atoms with E-state index in [2.05, 4.69) is 348 Å². The standard InChI is InChI=1S/C20H31N2.2C12H17N2.C10H19N2.2C9H18N3.2C7H14N3/c1-14(2)17-10-9-11-18(15(3)4)19(17)16-12-21(8)22(13-16)20(5,6)7;1-12(2,3)14-9-10-7-5-6-8-11(10)13(14)4;1-12(2,3)14-11-8-6-5-7-10(11)9-13(14)4;1-8-7-9(2)12(11(8)6)10(3,4)5;2*1-7-10-8(2)12(11(7)6)9(3,4)5;1-7(2,3)10-6-8-5-9(10)4;1-7(2,3)10-8-5-6-9(10)4/h9-15H,1-8H3;2*5-9H,1-4H3;7H,1-6H3;2*1-6H3;2*5-6H,1-4H3/q8*+1/i;;;2*1D3;;;. The third-order valence-electron chi connectivity index (χ3n) is 17.9. The van der Waals surface area contributed by atoms with E-state index in [1.807, 2.05) is 106 Å². The summed E-state index contributed by atoms with van der Waals surface area (Å²) in [4.78, 5) is 14.5. The maximum Gasteiger partial charge on any atom is 0.316 e. The smallest absolute Gasteiger partial charge is 0.181 e. The van der Waals surface area contributed by atoms with E-state index in [1.165, 1.54) is 44.1 Å². The van der Waals surface area contributed by atoms with Crippen molar-refractivity contribution in [3.63, 3.8) is 0 Å². The number of nitrogens with zero attached hydrogens (tertiary/aromatic N) is 20. The third-order valence-corrected chi connectivity index (χ3v) is 17.9. The zero-order chi connectivity index (χ0) is 86.4. The zero-order valence-electron chi connectivity index (χ0n) is 79.6. The van der Waals surface area contributed by atoms with E-state index in [9.17, 15) is 0 Å². The molecule has 11 aromatic rings. The van der Waals surface area contributed by atoms with Crippen molar-refractivity contribution in [3.05, 3.63) is 168 Å². The van der Waals surface area contributed by atoms with Crippen LogP contribution in [-0.2, 0) is 101 Å². The van der Waals surface area contributed by atoms with Gasteiger partial charge in [-0.25, -0.2) is 0 Å². The average molecular weight is 1470 g/mol. The molecule has 0 aliphatic rings. The summed E-state index contributed by atoms with van der Waals surface area (Å²) in [5.41, 5.74) is 9.94. The normalized spacial score (nSPS) is 13.3. The maximum atomic E-state index is 7.43. The molecule has 0 bridgehead atoms. The van der Waals surface area contributed by atoms with Crippen LogP contribution in [0.2, 0.25) is 0 Å². The molecule has 584 valence electrons. The minimum Gasteiger partial charge on any atom is -0.181 e. The number of fused-ring (bicyclic) bond motifs is 2. The van der Waals surface area contributed by atoms with Gasteiger partial charge >= 0.3 is 18.0 Å². The number of hydrogen-bond donors (Lipinski definition) is 0. The number of aromatic nitrogens is 20. The third kappa shape index (κ3) is 23.3. The number of benzene rings is 3. The molecule has 106 heavy (non-hydrogen) atoms. The Morgan fingerprint density at radius 1 is 0.453 bits per heavy atom. The van der Waals surface area contributed by atoms with Crippen molar-refractivity contribution in [1.29, 1.82) is 0 Å². The summed E-state index contributed by atoms with van der Waals surface area (Å²) in [6.45, 7) is 64.4. The molecule has 20 heteroatoms. The van der Waals surface area contributed by atoms with Crippen LogP contribution in [0.25, 0.3) is 32.9 Å². The minimum atomic E-state index is -2.16. The van der Waals surface area contributed by atoms with Gasteiger partial charge in [-0.05, 0) is 204 Å². The lowest BCUT2D eigenvalue weighted by Crippen LogP contribution is -2.57. The van der Waals surface area contributed by atoms with Gasteiger partial charge in [0.1, 0.15) is 43.3 Å². The van der Waals surface area contributed by atoms with Crippen LogP contribution in [-0.4, -0.2) is 57.6 Å². The molecule has 0 unspecified atom stereocenters. The van der Waals surface area contributed by atoms with Crippen LogP contribution in [0.3, 0.4) is 0 Å². The highest BCUT2D eigenvalue weighted by Crippen LogP contribution is 2.36. The van der Waals surface area contributed by atoms with E-state index in [0.717, 1.165) is 23.2 Å². The second-order valence-corrected chi connectivity index (χ2v) is 36.7. The fraction of sp³-hybridized carbons (Fsp3) is 0.605. The second kappa shape index (κ2) is 34.6. The van der Waals surface area contributed by atoms with E-state index in [0.29, 0.717) is 17.5 Å². The lowest BCUT2D eigenvalue weighted by Gasteiger charge is -2.19. The van der Waals surface area contributed by atoms with Crippen molar-refractivity contribution in [2.45, 2.75) is 291 Å². The number of rotatable bonds is 3. The summed E-state index contributed by atoms with van der Waals surface area (Å²) in [7, 11) is 15.9. The number of aryl methyl sites for hydroxylation is 11. The first-order chi connectivity index (χ1) is 50.6. The first-order valence-electron chi connectivity index (χ1n) is 40.5. The van der Waals surface area contributed by atoms with Gasteiger partial charge in [-0.1, -0.05) is 70.2 Å². The zero-order valence-corrected chi connectivity index (χ0v) is 73.6. The van der Waals surface area contributed by atoms with Crippen molar-refractivity contribution in [2.24, 2.45) is 56.4 Å². The molecule has 0 radical (unpaired) electrons. The lowest BCUT2D eigenvalue weighted by atomic mass is 9.86. The van der Waals surface area contributed by atoms with E-state index in [4.69, 9.17) is 8.22 Å². The predicted molar refractivity (Wildman–Crippen MR) is 433 cm³/mol. The van der Waals surface area contributed by atoms with Crippen LogP contribution in [0.4, 0.5) is 0 Å². The van der Waals surface area contributed by atoms with Gasteiger partial charge in [-0.3, -0.25) is 0 Å². The summed E-state index contributed by atoms with van der Waals surface area (Å²) >= 11 is 0. The van der Waals surface area contributed by atoms with Gasteiger partial charge in [0.2, 0.25) is 36.8 Å². The molecule has 0 aliphatic carbocycles.